The van der Waals surface area contributed by atoms with Crippen LogP contribution in [0.15, 0.2) is 53.4 Å². The van der Waals surface area contributed by atoms with Gasteiger partial charge in [-0.3, -0.25) is 4.79 Å². The average Bonchev–Trinajstić information content (AvgIpc) is 3.03. The number of benzene rings is 2. The Balaban J connectivity index is 1.73. The first-order valence-electron chi connectivity index (χ1n) is 9.52. The fourth-order valence-electron chi connectivity index (χ4n) is 3.25. The third kappa shape index (κ3) is 5.02. The van der Waals surface area contributed by atoms with Gasteiger partial charge in [0.2, 0.25) is 10.0 Å². The number of sulfonamides is 1. The number of anilines is 1. The topological polar surface area (TPSA) is 92.8 Å². The lowest BCUT2D eigenvalue weighted by molar-refractivity contribution is 0.0600. The number of methoxy groups -OCH3 is 1. The van der Waals surface area contributed by atoms with Crippen molar-refractivity contribution in [2.45, 2.75) is 30.6 Å². The molecule has 0 aromatic heterocycles. The summed E-state index contributed by atoms with van der Waals surface area (Å²) in [5, 5.41) is 2.70. The number of carbonyl (C=O) groups excluding carboxylic acids is 2. The minimum atomic E-state index is -3.55. The SMILES string of the molecule is COC(=O)c1cccc(NC(=O)c2ccc(S(=O)(=O)N3CCCCCC3)cc2)c1. The molecule has 0 bridgehead atoms. The number of hydrogen-bond acceptors (Lipinski definition) is 5. The Labute approximate surface area is 170 Å². The Hall–Kier alpha value is -2.71. The van der Waals surface area contributed by atoms with E-state index in [4.69, 9.17) is 0 Å². The summed E-state index contributed by atoms with van der Waals surface area (Å²) in [7, 11) is -2.27. The van der Waals surface area contributed by atoms with Crippen molar-refractivity contribution < 1.29 is 22.7 Å². The molecule has 154 valence electrons. The minimum absolute atomic E-state index is 0.184. The molecule has 1 aliphatic rings. The van der Waals surface area contributed by atoms with Gasteiger partial charge in [-0.2, -0.15) is 4.31 Å². The van der Waals surface area contributed by atoms with Gasteiger partial charge in [-0.05, 0) is 55.3 Å². The Morgan fingerprint density at radius 1 is 0.931 bits per heavy atom. The van der Waals surface area contributed by atoms with Crippen LogP contribution in [0.25, 0.3) is 0 Å². The van der Waals surface area contributed by atoms with E-state index < -0.39 is 21.9 Å². The van der Waals surface area contributed by atoms with Crippen LogP contribution in [0.1, 0.15) is 46.4 Å². The van der Waals surface area contributed by atoms with Gasteiger partial charge in [0.25, 0.3) is 5.91 Å². The zero-order valence-corrected chi connectivity index (χ0v) is 17.1. The largest absolute Gasteiger partial charge is 0.465 e. The van der Waals surface area contributed by atoms with E-state index in [1.807, 2.05) is 0 Å². The number of nitrogens with zero attached hydrogens (tertiary/aromatic N) is 1. The molecule has 1 saturated heterocycles. The molecule has 0 spiro atoms. The van der Waals surface area contributed by atoms with Crippen LogP contribution >= 0.6 is 0 Å². The second-order valence-electron chi connectivity index (χ2n) is 6.87. The van der Waals surface area contributed by atoms with Gasteiger partial charge in [-0.25, -0.2) is 13.2 Å². The van der Waals surface area contributed by atoms with Gasteiger partial charge in [0.05, 0.1) is 17.6 Å². The average molecular weight is 416 g/mol. The second-order valence-corrected chi connectivity index (χ2v) is 8.81. The molecule has 0 aliphatic carbocycles. The highest BCUT2D eigenvalue weighted by molar-refractivity contribution is 7.89. The number of amides is 1. The van der Waals surface area contributed by atoms with Crippen molar-refractivity contribution in [3.63, 3.8) is 0 Å². The molecule has 1 aliphatic heterocycles. The predicted molar refractivity (Wildman–Crippen MR) is 109 cm³/mol. The highest BCUT2D eigenvalue weighted by Gasteiger charge is 2.25. The fraction of sp³-hybridized carbons (Fsp3) is 0.333. The van der Waals surface area contributed by atoms with Crippen LogP contribution in [0.5, 0.6) is 0 Å². The van der Waals surface area contributed by atoms with Crippen molar-refractivity contribution in [2.24, 2.45) is 0 Å². The maximum Gasteiger partial charge on any atom is 0.337 e. The van der Waals surface area contributed by atoms with Crippen LogP contribution in [0.3, 0.4) is 0 Å². The normalized spacial score (nSPS) is 15.3. The zero-order chi connectivity index (χ0) is 20.9. The zero-order valence-electron chi connectivity index (χ0n) is 16.3. The number of esters is 1. The maximum atomic E-state index is 12.8. The molecule has 1 heterocycles. The minimum Gasteiger partial charge on any atom is -0.465 e. The summed E-state index contributed by atoms with van der Waals surface area (Å²) in [6.45, 7) is 1.06. The molecule has 1 amide bonds. The van der Waals surface area contributed by atoms with Gasteiger partial charge in [0, 0.05) is 24.3 Å². The molecule has 1 N–H and O–H groups in total. The first-order chi connectivity index (χ1) is 13.9. The Morgan fingerprint density at radius 3 is 2.21 bits per heavy atom. The molecule has 0 atom stereocenters. The van der Waals surface area contributed by atoms with Crippen LogP contribution in [0.2, 0.25) is 0 Å². The lowest BCUT2D eigenvalue weighted by Crippen LogP contribution is -2.31. The summed E-state index contributed by atoms with van der Waals surface area (Å²) in [5.74, 6) is -0.894. The summed E-state index contributed by atoms with van der Waals surface area (Å²) in [6.07, 6.45) is 3.82. The van der Waals surface area contributed by atoms with E-state index in [-0.39, 0.29) is 4.90 Å². The van der Waals surface area contributed by atoms with Crippen molar-refractivity contribution >= 4 is 27.6 Å². The third-order valence-corrected chi connectivity index (χ3v) is 6.77. The molecular formula is C21H24N2O5S. The molecule has 3 rings (SSSR count). The molecule has 7 nitrogen and oxygen atoms in total. The molecule has 29 heavy (non-hydrogen) atoms. The molecule has 1 fully saturated rings. The molecule has 0 unspecified atom stereocenters. The summed E-state index contributed by atoms with van der Waals surface area (Å²) in [6, 6.07) is 12.3. The quantitative estimate of drug-likeness (QED) is 0.755. The van der Waals surface area contributed by atoms with E-state index in [0.717, 1.165) is 25.7 Å². The number of ether oxygens (including phenoxy) is 1. The van der Waals surface area contributed by atoms with Gasteiger partial charge < -0.3 is 10.1 Å². The lowest BCUT2D eigenvalue weighted by atomic mass is 10.1. The van der Waals surface area contributed by atoms with E-state index >= 15 is 0 Å². The molecular weight excluding hydrogens is 392 g/mol. The Morgan fingerprint density at radius 2 is 1.59 bits per heavy atom. The van der Waals surface area contributed by atoms with Gasteiger partial charge in [0.15, 0.2) is 0 Å². The Bertz CT molecular complexity index is 978. The second kappa shape index (κ2) is 9.19. The predicted octanol–water partition coefficient (Wildman–Crippen LogP) is 3.29. The van der Waals surface area contributed by atoms with Crippen molar-refractivity contribution in [3.8, 4) is 0 Å². The monoisotopic (exact) mass is 416 g/mol. The third-order valence-electron chi connectivity index (χ3n) is 4.86. The number of hydrogen-bond donors (Lipinski definition) is 1. The first-order valence-corrected chi connectivity index (χ1v) is 11.0. The summed E-state index contributed by atoms with van der Waals surface area (Å²) in [5.41, 5.74) is 1.09. The molecule has 2 aromatic carbocycles. The van der Waals surface area contributed by atoms with Crippen LogP contribution in [-0.2, 0) is 14.8 Å². The molecule has 0 saturated carbocycles. The molecule has 8 heteroatoms. The highest BCUT2D eigenvalue weighted by atomic mass is 32.2. The van der Waals surface area contributed by atoms with E-state index in [1.165, 1.54) is 41.7 Å². The van der Waals surface area contributed by atoms with Gasteiger partial charge in [-0.15, -0.1) is 0 Å². The summed E-state index contributed by atoms with van der Waals surface area (Å²) in [4.78, 5) is 24.3. The highest BCUT2D eigenvalue weighted by Crippen LogP contribution is 2.21. The fourth-order valence-corrected chi connectivity index (χ4v) is 4.77. The summed E-state index contributed by atoms with van der Waals surface area (Å²) >= 11 is 0. The molecule has 2 aromatic rings. The van der Waals surface area contributed by atoms with Crippen molar-refractivity contribution in [1.82, 2.24) is 4.31 Å². The van der Waals surface area contributed by atoms with E-state index in [1.54, 1.807) is 18.2 Å². The van der Waals surface area contributed by atoms with E-state index in [0.29, 0.717) is 29.9 Å². The summed E-state index contributed by atoms with van der Waals surface area (Å²) < 4.78 is 31.8. The van der Waals surface area contributed by atoms with Crippen molar-refractivity contribution in [3.05, 3.63) is 59.7 Å². The van der Waals surface area contributed by atoms with Crippen LogP contribution in [-0.4, -0.2) is 44.8 Å². The number of nitrogens with one attached hydrogen (secondary N) is 1. The van der Waals surface area contributed by atoms with Crippen LogP contribution in [0.4, 0.5) is 5.69 Å². The van der Waals surface area contributed by atoms with E-state index in [9.17, 15) is 18.0 Å². The Kier molecular flexibility index (Phi) is 6.66. The van der Waals surface area contributed by atoms with Crippen LogP contribution in [0, 0.1) is 0 Å². The van der Waals surface area contributed by atoms with Gasteiger partial charge in [0.1, 0.15) is 0 Å². The number of rotatable bonds is 5. The van der Waals surface area contributed by atoms with Crippen molar-refractivity contribution in [1.29, 1.82) is 0 Å². The smallest absolute Gasteiger partial charge is 0.337 e. The van der Waals surface area contributed by atoms with Gasteiger partial charge in [-0.1, -0.05) is 18.9 Å². The van der Waals surface area contributed by atoms with Crippen LogP contribution < -0.4 is 5.32 Å². The first kappa shape index (κ1) is 21.0. The van der Waals surface area contributed by atoms with Crippen molar-refractivity contribution in [2.75, 3.05) is 25.5 Å². The standard InChI is InChI=1S/C21H24N2O5S/c1-28-21(25)17-7-6-8-18(15-17)22-20(24)16-9-11-19(12-10-16)29(26,27)23-13-4-2-3-5-14-23/h6-12,15H,2-5,13-14H2,1H3,(H,22,24). The number of carbonyl (C=O) groups is 2. The van der Waals surface area contributed by atoms with E-state index in [2.05, 4.69) is 10.1 Å². The lowest BCUT2D eigenvalue weighted by Gasteiger charge is -2.20. The van der Waals surface area contributed by atoms with Gasteiger partial charge >= 0.3 is 5.97 Å². The maximum absolute atomic E-state index is 12.8. The molecule has 0 radical (unpaired) electrons.